The number of hydrogen-bond acceptors (Lipinski definition) is 5. The van der Waals surface area contributed by atoms with Crippen molar-refractivity contribution in [1.82, 2.24) is 14.4 Å². The van der Waals surface area contributed by atoms with Crippen LogP contribution in [0.5, 0.6) is 0 Å². The second kappa shape index (κ2) is 5.48. The van der Waals surface area contributed by atoms with E-state index in [1.807, 2.05) is 18.2 Å². The number of rotatable bonds is 2. The molecule has 0 spiro atoms. The van der Waals surface area contributed by atoms with Crippen molar-refractivity contribution in [2.75, 3.05) is 0 Å². The zero-order valence-corrected chi connectivity index (χ0v) is 12.1. The van der Waals surface area contributed by atoms with Crippen molar-refractivity contribution >= 4 is 40.1 Å². The molecule has 0 aliphatic rings. The lowest BCUT2D eigenvalue weighted by Crippen LogP contribution is -2.14. The highest BCUT2D eigenvalue weighted by Gasteiger charge is 2.11. The van der Waals surface area contributed by atoms with Crippen LogP contribution in [0, 0.1) is 11.3 Å². The number of nitrogens with zero attached hydrogens (tertiary/aromatic N) is 4. The van der Waals surface area contributed by atoms with Crippen molar-refractivity contribution in [3.8, 4) is 6.07 Å². The summed E-state index contributed by atoms with van der Waals surface area (Å²) in [5.41, 5.74) is 0.863. The summed E-state index contributed by atoms with van der Waals surface area (Å²) in [6.45, 7) is 0. The SMILES string of the molecule is N#Cc1cn2c(=O)c(Cl)c(/C=C/c3cccnc3)nc2s1. The van der Waals surface area contributed by atoms with E-state index >= 15 is 0 Å². The van der Waals surface area contributed by atoms with Crippen molar-refractivity contribution in [1.29, 1.82) is 5.26 Å². The number of aromatic nitrogens is 3. The van der Waals surface area contributed by atoms with Crippen LogP contribution < -0.4 is 5.56 Å². The molecule has 0 bridgehead atoms. The molecule has 102 valence electrons. The van der Waals surface area contributed by atoms with Gasteiger partial charge in [0.05, 0.1) is 5.69 Å². The van der Waals surface area contributed by atoms with E-state index in [4.69, 9.17) is 16.9 Å². The Kier molecular flexibility index (Phi) is 3.52. The number of nitriles is 1. The minimum Gasteiger partial charge on any atom is -0.267 e. The molecule has 3 rings (SSSR count). The van der Waals surface area contributed by atoms with Crippen molar-refractivity contribution in [2.45, 2.75) is 0 Å². The first-order chi connectivity index (χ1) is 10.2. The van der Waals surface area contributed by atoms with Crippen LogP contribution in [0.15, 0.2) is 35.5 Å². The summed E-state index contributed by atoms with van der Waals surface area (Å²) in [6, 6.07) is 5.68. The van der Waals surface area contributed by atoms with Gasteiger partial charge in [-0.3, -0.25) is 14.2 Å². The molecule has 0 aliphatic carbocycles. The van der Waals surface area contributed by atoms with Gasteiger partial charge in [-0.25, -0.2) is 4.98 Å². The Balaban J connectivity index is 2.11. The molecule has 0 atom stereocenters. The largest absolute Gasteiger partial charge is 0.277 e. The lowest BCUT2D eigenvalue weighted by Gasteiger charge is -1.98. The topological polar surface area (TPSA) is 71.0 Å². The van der Waals surface area contributed by atoms with E-state index in [2.05, 4.69) is 9.97 Å². The minimum atomic E-state index is -0.384. The molecule has 3 aromatic heterocycles. The molecule has 0 saturated heterocycles. The molecular weight excluding hydrogens is 308 g/mol. The quantitative estimate of drug-likeness (QED) is 0.729. The van der Waals surface area contributed by atoms with Gasteiger partial charge in [0.1, 0.15) is 16.0 Å². The number of halogens is 1. The molecule has 7 heteroatoms. The zero-order valence-electron chi connectivity index (χ0n) is 10.5. The fraction of sp³-hybridized carbons (Fsp3) is 0. The van der Waals surface area contributed by atoms with Crippen LogP contribution in [0.25, 0.3) is 17.1 Å². The minimum absolute atomic E-state index is 0.0231. The van der Waals surface area contributed by atoms with E-state index in [1.165, 1.54) is 10.6 Å². The maximum atomic E-state index is 12.1. The lowest BCUT2D eigenvalue weighted by atomic mass is 10.2. The van der Waals surface area contributed by atoms with Crippen LogP contribution in [0.4, 0.5) is 0 Å². The van der Waals surface area contributed by atoms with E-state index in [9.17, 15) is 4.79 Å². The second-order valence-electron chi connectivity index (χ2n) is 4.10. The maximum absolute atomic E-state index is 12.1. The Morgan fingerprint density at radius 1 is 1.43 bits per heavy atom. The first kappa shape index (κ1) is 13.5. The van der Waals surface area contributed by atoms with Crippen LogP contribution >= 0.6 is 22.9 Å². The molecule has 0 aromatic carbocycles. The maximum Gasteiger partial charge on any atom is 0.277 e. The molecule has 0 unspecified atom stereocenters. The highest BCUT2D eigenvalue weighted by atomic mass is 35.5. The monoisotopic (exact) mass is 314 g/mol. The van der Waals surface area contributed by atoms with Crippen LogP contribution in [-0.4, -0.2) is 14.4 Å². The van der Waals surface area contributed by atoms with Gasteiger partial charge in [-0.15, -0.1) is 0 Å². The van der Waals surface area contributed by atoms with Gasteiger partial charge in [-0.1, -0.05) is 35.1 Å². The molecule has 3 heterocycles. The van der Waals surface area contributed by atoms with Gasteiger partial charge in [0.25, 0.3) is 5.56 Å². The fourth-order valence-corrected chi connectivity index (χ4v) is 2.72. The van der Waals surface area contributed by atoms with Crippen LogP contribution in [0.3, 0.4) is 0 Å². The summed E-state index contributed by atoms with van der Waals surface area (Å²) in [5, 5.41) is 8.91. The summed E-state index contributed by atoms with van der Waals surface area (Å²) in [4.78, 5) is 21.3. The van der Waals surface area contributed by atoms with Gasteiger partial charge in [-0.2, -0.15) is 5.26 Å². The van der Waals surface area contributed by atoms with E-state index in [0.717, 1.165) is 16.9 Å². The van der Waals surface area contributed by atoms with E-state index in [-0.39, 0.29) is 10.6 Å². The predicted molar refractivity (Wildman–Crippen MR) is 82.2 cm³/mol. The Morgan fingerprint density at radius 3 is 3.00 bits per heavy atom. The Bertz CT molecular complexity index is 937. The molecule has 0 amide bonds. The highest BCUT2D eigenvalue weighted by Crippen LogP contribution is 2.19. The van der Waals surface area contributed by atoms with Gasteiger partial charge in [0.15, 0.2) is 4.96 Å². The van der Waals surface area contributed by atoms with Gasteiger partial charge >= 0.3 is 0 Å². The first-order valence-electron chi connectivity index (χ1n) is 5.89. The molecule has 0 saturated carbocycles. The highest BCUT2D eigenvalue weighted by molar-refractivity contribution is 7.17. The summed E-state index contributed by atoms with van der Waals surface area (Å²) in [6.07, 6.45) is 8.24. The number of hydrogen-bond donors (Lipinski definition) is 0. The molecule has 0 fully saturated rings. The first-order valence-corrected chi connectivity index (χ1v) is 7.08. The molecule has 3 aromatic rings. The lowest BCUT2D eigenvalue weighted by molar-refractivity contribution is 1.07. The molecule has 0 radical (unpaired) electrons. The molecule has 0 N–H and O–H groups in total. The second-order valence-corrected chi connectivity index (χ2v) is 5.48. The molecule has 5 nitrogen and oxygen atoms in total. The molecule has 0 aliphatic heterocycles. The average molecular weight is 315 g/mol. The zero-order chi connectivity index (χ0) is 14.8. The van der Waals surface area contributed by atoms with E-state index in [0.29, 0.717) is 15.5 Å². The average Bonchev–Trinajstić information content (AvgIpc) is 2.94. The Morgan fingerprint density at radius 2 is 2.29 bits per heavy atom. The summed E-state index contributed by atoms with van der Waals surface area (Å²) < 4.78 is 1.28. The third-order valence-electron chi connectivity index (χ3n) is 2.73. The standard InChI is InChI=1S/C14H7ClN4OS/c15-12-11(4-3-9-2-1-5-17-7-9)18-14-19(13(12)20)8-10(6-16)21-14/h1-5,7-8H/b4-3+. The van der Waals surface area contributed by atoms with Crippen molar-refractivity contribution < 1.29 is 0 Å². The fourth-order valence-electron chi connectivity index (χ4n) is 1.75. The summed E-state index contributed by atoms with van der Waals surface area (Å²) in [7, 11) is 0. The summed E-state index contributed by atoms with van der Waals surface area (Å²) >= 11 is 7.19. The van der Waals surface area contributed by atoms with Gasteiger partial charge < -0.3 is 0 Å². The van der Waals surface area contributed by atoms with Crippen LogP contribution in [-0.2, 0) is 0 Å². The Hall–Kier alpha value is -2.49. The summed E-state index contributed by atoms with van der Waals surface area (Å²) in [5.74, 6) is 0. The smallest absolute Gasteiger partial charge is 0.267 e. The van der Waals surface area contributed by atoms with Crippen molar-refractivity contribution in [3.05, 3.63) is 62.2 Å². The van der Waals surface area contributed by atoms with Crippen molar-refractivity contribution in [3.63, 3.8) is 0 Å². The Labute approximate surface area is 128 Å². The third kappa shape index (κ3) is 2.57. The van der Waals surface area contributed by atoms with Gasteiger partial charge in [0.2, 0.25) is 0 Å². The molecule has 21 heavy (non-hydrogen) atoms. The predicted octanol–water partition coefficient (Wildman–Crippen LogP) is 2.85. The van der Waals surface area contributed by atoms with Gasteiger partial charge in [-0.05, 0) is 17.7 Å². The van der Waals surface area contributed by atoms with Crippen LogP contribution in [0.1, 0.15) is 16.1 Å². The normalized spacial score (nSPS) is 11.0. The molecular formula is C14H7ClN4OS. The van der Waals surface area contributed by atoms with Crippen molar-refractivity contribution in [2.24, 2.45) is 0 Å². The van der Waals surface area contributed by atoms with Gasteiger partial charge in [0, 0.05) is 18.6 Å². The van der Waals surface area contributed by atoms with Crippen LogP contribution in [0.2, 0.25) is 5.02 Å². The number of fused-ring (bicyclic) bond motifs is 1. The third-order valence-corrected chi connectivity index (χ3v) is 3.97. The number of thiazole rings is 1. The van der Waals surface area contributed by atoms with E-state index < -0.39 is 0 Å². The number of pyridine rings is 1. The van der Waals surface area contributed by atoms with E-state index in [1.54, 1.807) is 24.5 Å².